The number of carboxylic acid groups (broad SMARTS) is 1. The van der Waals surface area contributed by atoms with E-state index in [-0.39, 0.29) is 23.7 Å². The van der Waals surface area contributed by atoms with Crippen LogP contribution in [0.4, 0.5) is 5.69 Å². The zero-order valence-electron chi connectivity index (χ0n) is 9.22. The van der Waals surface area contributed by atoms with Crippen LogP contribution in [0.3, 0.4) is 0 Å². The zero-order valence-corrected chi connectivity index (χ0v) is 9.22. The van der Waals surface area contributed by atoms with E-state index < -0.39 is 16.6 Å². The molecule has 0 aliphatic heterocycles. The predicted octanol–water partition coefficient (Wildman–Crippen LogP) is -0.114. The molecule has 19 heavy (non-hydrogen) atoms. The van der Waals surface area contributed by atoms with E-state index in [0.29, 0.717) is 0 Å². The largest absolute Gasteiger partial charge is 0.476 e. The lowest BCUT2D eigenvalue weighted by Gasteiger charge is -2.00. The number of nitro groups is 1. The summed E-state index contributed by atoms with van der Waals surface area (Å²) in [6, 6.07) is 1.12. The van der Waals surface area contributed by atoms with Gasteiger partial charge >= 0.3 is 17.3 Å². The molecular formula is C9H6N4O6. The number of carbonyl (C=O) groups is 1. The van der Waals surface area contributed by atoms with Gasteiger partial charge in [-0.25, -0.2) is 9.59 Å². The molecule has 10 heteroatoms. The fourth-order valence-electron chi connectivity index (χ4n) is 1.31. The van der Waals surface area contributed by atoms with Crippen LogP contribution in [-0.4, -0.2) is 30.7 Å². The molecule has 2 aromatic heterocycles. The lowest BCUT2D eigenvalue weighted by Crippen LogP contribution is -2.22. The average molecular weight is 266 g/mol. The minimum absolute atomic E-state index is 0.0711. The van der Waals surface area contributed by atoms with Gasteiger partial charge in [-0.3, -0.25) is 14.7 Å². The SMILES string of the molecule is O=C(O)c1cc(Cn2cc([N+](=O)[O-])cnc2=O)on1. The summed E-state index contributed by atoms with van der Waals surface area (Å²) in [4.78, 5) is 35.1. The quantitative estimate of drug-likeness (QED) is 0.596. The fourth-order valence-corrected chi connectivity index (χ4v) is 1.31. The van der Waals surface area contributed by atoms with Crippen LogP contribution < -0.4 is 5.69 Å². The third-order valence-corrected chi connectivity index (χ3v) is 2.16. The van der Waals surface area contributed by atoms with Gasteiger partial charge in [0.25, 0.3) is 0 Å². The smallest absolute Gasteiger partial charge is 0.358 e. The maximum absolute atomic E-state index is 11.4. The van der Waals surface area contributed by atoms with E-state index in [9.17, 15) is 19.7 Å². The molecule has 0 aromatic carbocycles. The fraction of sp³-hybridized carbons (Fsp3) is 0.111. The molecule has 2 heterocycles. The number of hydrogen-bond donors (Lipinski definition) is 1. The second-order valence-electron chi connectivity index (χ2n) is 3.46. The molecule has 0 saturated heterocycles. The third kappa shape index (κ3) is 2.62. The minimum Gasteiger partial charge on any atom is -0.476 e. The number of aromatic nitrogens is 3. The van der Waals surface area contributed by atoms with Gasteiger partial charge < -0.3 is 9.63 Å². The number of carboxylic acids is 1. The molecule has 0 aliphatic carbocycles. The highest BCUT2D eigenvalue weighted by molar-refractivity contribution is 5.85. The van der Waals surface area contributed by atoms with Crippen molar-refractivity contribution in [2.75, 3.05) is 0 Å². The summed E-state index contributed by atoms with van der Waals surface area (Å²) < 4.78 is 5.62. The lowest BCUT2D eigenvalue weighted by molar-refractivity contribution is -0.385. The van der Waals surface area contributed by atoms with E-state index in [2.05, 4.69) is 10.1 Å². The van der Waals surface area contributed by atoms with Gasteiger partial charge in [0.05, 0.1) is 17.7 Å². The summed E-state index contributed by atoms with van der Waals surface area (Å²) in [6.07, 6.45) is 1.82. The third-order valence-electron chi connectivity index (χ3n) is 2.16. The van der Waals surface area contributed by atoms with Gasteiger partial charge in [0.15, 0.2) is 11.5 Å². The van der Waals surface area contributed by atoms with Gasteiger partial charge in [-0.1, -0.05) is 5.16 Å². The van der Waals surface area contributed by atoms with Crippen molar-refractivity contribution < 1.29 is 19.3 Å². The van der Waals surface area contributed by atoms with Crippen LogP contribution in [0, 0.1) is 10.1 Å². The second-order valence-corrected chi connectivity index (χ2v) is 3.46. The summed E-state index contributed by atoms with van der Waals surface area (Å²) in [5, 5.41) is 22.4. The molecule has 0 radical (unpaired) electrons. The van der Waals surface area contributed by atoms with E-state index in [1.165, 1.54) is 0 Å². The molecule has 0 amide bonds. The Bertz CT molecular complexity index is 703. The second kappa shape index (κ2) is 4.68. The van der Waals surface area contributed by atoms with Crippen molar-refractivity contribution in [3.8, 4) is 0 Å². The maximum Gasteiger partial charge on any atom is 0.358 e. The molecule has 98 valence electrons. The minimum atomic E-state index is -1.28. The van der Waals surface area contributed by atoms with Gasteiger partial charge in [-0.15, -0.1) is 0 Å². The Morgan fingerprint density at radius 1 is 1.58 bits per heavy atom. The molecule has 0 atom stereocenters. The molecule has 2 rings (SSSR count). The lowest BCUT2D eigenvalue weighted by atomic mass is 10.3. The Morgan fingerprint density at radius 3 is 2.89 bits per heavy atom. The van der Waals surface area contributed by atoms with Crippen molar-refractivity contribution in [1.82, 2.24) is 14.7 Å². The summed E-state index contributed by atoms with van der Waals surface area (Å²) in [5.41, 5.74) is -1.40. The number of nitrogens with zero attached hydrogens (tertiary/aromatic N) is 4. The van der Waals surface area contributed by atoms with Crippen LogP contribution in [-0.2, 0) is 6.54 Å². The Balaban J connectivity index is 2.31. The van der Waals surface area contributed by atoms with Crippen LogP contribution in [0.15, 0.2) is 27.8 Å². The highest BCUT2D eigenvalue weighted by Crippen LogP contribution is 2.08. The first-order chi connectivity index (χ1) is 8.97. The molecular weight excluding hydrogens is 260 g/mol. The topological polar surface area (TPSA) is 141 Å². The van der Waals surface area contributed by atoms with Crippen LogP contribution in [0.25, 0.3) is 0 Å². The Kier molecular flexibility index (Phi) is 3.06. The highest BCUT2D eigenvalue weighted by atomic mass is 16.6. The number of aromatic carboxylic acids is 1. The van der Waals surface area contributed by atoms with Gasteiger partial charge in [0.2, 0.25) is 0 Å². The van der Waals surface area contributed by atoms with Crippen LogP contribution in [0.2, 0.25) is 0 Å². The normalized spacial score (nSPS) is 10.3. The van der Waals surface area contributed by atoms with Crippen molar-refractivity contribution in [2.24, 2.45) is 0 Å². The first kappa shape index (κ1) is 12.4. The van der Waals surface area contributed by atoms with Crippen molar-refractivity contribution >= 4 is 11.7 Å². The molecule has 0 bridgehead atoms. The van der Waals surface area contributed by atoms with Crippen LogP contribution in [0.1, 0.15) is 16.2 Å². The molecule has 0 aliphatic rings. The molecule has 10 nitrogen and oxygen atoms in total. The van der Waals surface area contributed by atoms with E-state index >= 15 is 0 Å². The van der Waals surface area contributed by atoms with Crippen molar-refractivity contribution in [3.63, 3.8) is 0 Å². The van der Waals surface area contributed by atoms with Gasteiger partial charge in [-0.2, -0.15) is 4.98 Å². The summed E-state index contributed by atoms with van der Waals surface area (Å²) in [6.45, 7) is -0.201. The first-order valence-electron chi connectivity index (χ1n) is 4.87. The predicted molar refractivity (Wildman–Crippen MR) is 57.7 cm³/mol. The molecule has 1 N–H and O–H groups in total. The molecule has 2 aromatic rings. The first-order valence-corrected chi connectivity index (χ1v) is 4.87. The summed E-state index contributed by atoms with van der Waals surface area (Å²) >= 11 is 0. The maximum atomic E-state index is 11.4. The van der Waals surface area contributed by atoms with Crippen molar-refractivity contribution in [3.05, 3.63) is 50.5 Å². The highest BCUT2D eigenvalue weighted by Gasteiger charge is 2.14. The Hall–Kier alpha value is -3.04. The van der Waals surface area contributed by atoms with Gasteiger partial charge in [0.1, 0.15) is 6.20 Å². The zero-order chi connectivity index (χ0) is 14.0. The van der Waals surface area contributed by atoms with Gasteiger partial charge in [-0.05, 0) is 0 Å². The molecule has 0 fully saturated rings. The summed E-state index contributed by atoms with van der Waals surface area (Å²) in [7, 11) is 0. The van der Waals surface area contributed by atoms with Gasteiger partial charge in [0, 0.05) is 6.07 Å². The van der Waals surface area contributed by atoms with E-state index in [4.69, 9.17) is 9.63 Å². The standard InChI is InChI=1S/C9H6N4O6/c14-8(15)7-1-6(19-11-7)4-12-3-5(13(17)18)2-10-9(12)16/h1-3H,4H2,(H,14,15). The number of hydrogen-bond acceptors (Lipinski definition) is 7. The number of rotatable bonds is 4. The molecule has 0 saturated carbocycles. The Morgan fingerprint density at radius 2 is 2.32 bits per heavy atom. The average Bonchev–Trinajstić information content (AvgIpc) is 2.80. The van der Waals surface area contributed by atoms with E-state index in [1.54, 1.807) is 0 Å². The van der Waals surface area contributed by atoms with Crippen LogP contribution in [0.5, 0.6) is 0 Å². The monoisotopic (exact) mass is 266 g/mol. The Labute approximate surface area is 104 Å². The summed E-state index contributed by atoms with van der Waals surface area (Å²) in [5.74, 6) is -1.21. The van der Waals surface area contributed by atoms with Crippen molar-refractivity contribution in [1.29, 1.82) is 0 Å². The van der Waals surface area contributed by atoms with Crippen LogP contribution >= 0.6 is 0 Å². The van der Waals surface area contributed by atoms with E-state index in [0.717, 1.165) is 23.0 Å². The van der Waals surface area contributed by atoms with E-state index in [1.807, 2.05) is 0 Å². The molecule has 0 unspecified atom stereocenters. The van der Waals surface area contributed by atoms with Crippen molar-refractivity contribution in [2.45, 2.75) is 6.54 Å². The molecule has 0 spiro atoms.